The van der Waals surface area contributed by atoms with Crippen molar-refractivity contribution in [1.82, 2.24) is 0 Å². The van der Waals surface area contributed by atoms with Crippen LogP contribution < -0.4 is 0 Å². The van der Waals surface area contributed by atoms with Gasteiger partial charge in [-0.25, -0.2) is 0 Å². The van der Waals surface area contributed by atoms with Crippen molar-refractivity contribution < 1.29 is 110 Å². The van der Waals surface area contributed by atoms with Crippen molar-refractivity contribution in [2.45, 2.75) is 280 Å². The molecule has 12 nitrogen and oxygen atoms in total. The molecule has 1 heterocycles. The van der Waals surface area contributed by atoms with Crippen molar-refractivity contribution in [2.24, 2.45) is 23.7 Å². The van der Waals surface area contributed by atoms with Crippen LogP contribution in [0.25, 0.3) is 0 Å². The Morgan fingerprint density at radius 1 is 0.287 bits per heavy atom. The molecule has 0 radical (unpaired) electrons. The number of alkyl halides is 12. The summed E-state index contributed by atoms with van der Waals surface area (Å²) in [5.74, 6) is -6.53. The Hall–Kier alpha value is -6.24. The smallest absolute Gasteiger partial charge is 0.389 e. The Morgan fingerprint density at radius 2 is 0.481 bits per heavy atom. The number of carbonyl (C=O) groups is 8. The summed E-state index contributed by atoms with van der Waals surface area (Å²) < 4.78 is 181. The average Bonchev–Trinajstić information content (AvgIpc) is 1.71. The zero-order valence-corrected chi connectivity index (χ0v) is 63.3. The number of fused-ring (bicyclic) bond motifs is 4. The van der Waals surface area contributed by atoms with Crippen molar-refractivity contribution >= 4 is 93.4 Å². The van der Waals surface area contributed by atoms with Crippen LogP contribution in [0.1, 0.15) is 231 Å². The first-order chi connectivity index (χ1) is 51.0. The fourth-order valence-electron chi connectivity index (χ4n) is 13.0. The van der Waals surface area contributed by atoms with Crippen LogP contribution in [0, 0.1) is 23.7 Å². The van der Waals surface area contributed by atoms with Gasteiger partial charge in [0.2, 0.25) is 0 Å². The van der Waals surface area contributed by atoms with E-state index >= 15 is 0 Å². The van der Waals surface area contributed by atoms with Gasteiger partial charge in [0.05, 0.1) is 20.1 Å². The van der Waals surface area contributed by atoms with Gasteiger partial charge in [-0.15, -0.1) is 0 Å². The number of hydrogen-bond donors (Lipinski definition) is 0. The number of Topliss-reactive ketones (excluding diaryl/α,β-unsaturated/α-hetero) is 4. The van der Waals surface area contributed by atoms with Gasteiger partial charge in [-0.1, -0.05) is 144 Å². The van der Waals surface area contributed by atoms with E-state index in [9.17, 15) is 91.0 Å². The molecule has 0 unspecified atom stereocenters. The van der Waals surface area contributed by atoms with Crippen LogP contribution in [0.4, 0.5) is 52.7 Å². The summed E-state index contributed by atoms with van der Waals surface area (Å²) in [6, 6.07) is 0. The molecule has 0 amide bonds. The summed E-state index contributed by atoms with van der Waals surface area (Å²) in [5.41, 5.74) is 1.15. The summed E-state index contributed by atoms with van der Waals surface area (Å²) in [7, 11) is 0. The fraction of sp³-hybridized carbons (Fsp3) is 0.600. The highest BCUT2D eigenvalue weighted by atomic mass is 35.5. The first kappa shape index (κ1) is 92.4. The molecule has 0 fully saturated rings. The molecule has 0 aromatic heterocycles. The number of hydrogen-bond acceptors (Lipinski definition) is 12. The van der Waals surface area contributed by atoms with Crippen LogP contribution in [-0.4, -0.2) is 96.1 Å². The van der Waals surface area contributed by atoms with Crippen LogP contribution in [0.15, 0.2) is 140 Å². The molecule has 0 aromatic carbocycles. The third-order valence-electron chi connectivity index (χ3n) is 18.7. The van der Waals surface area contributed by atoms with Crippen LogP contribution in [0.2, 0.25) is 0 Å². The molecule has 0 saturated heterocycles. The minimum Gasteiger partial charge on any atom is -0.462 e. The normalized spacial score (nSPS) is 28.0. The third-order valence-corrected chi connectivity index (χ3v) is 19.9. The monoisotopic (exact) mass is 1620 g/mol. The molecule has 0 bridgehead atoms. The maximum absolute atomic E-state index is 13.3. The Labute approximate surface area is 643 Å². The Morgan fingerprint density at radius 3 is 0.667 bits per heavy atom. The lowest BCUT2D eigenvalue weighted by atomic mass is 9.95. The van der Waals surface area contributed by atoms with Crippen LogP contribution >= 0.6 is 46.4 Å². The topological polar surface area (TPSA) is 173 Å². The predicted octanol–water partition coefficient (Wildman–Crippen LogP) is 23.2. The summed E-state index contributed by atoms with van der Waals surface area (Å²) in [6.07, 6.45) is 4.06. The van der Waals surface area contributed by atoms with Crippen molar-refractivity contribution in [3.8, 4) is 0 Å². The van der Waals surface area contributed by atoms with E-state index in [-0.39, 0.29) is 222 Å². The molecule has 5 rings (SSSR count). The number of ether oxygens (including phenoxy) is 4. The van der Waals surface area contributed by atoms with Crippen LogP contribution in [-0.2, 0) is 57.3 Å². The number of rotatable bonds is 16. The van der Waals surface area contributed by atoms with Gasteiger partial charge in [0.1, 0.15) is 24.4 Å². The molecule has 5 aliphatic rings. The molecular formula is C80H96Cl4F12O12. The highest BCUT2D eigenvalue weighted by molar-refractivity contribution is 6.47. The Kier molecular flexibility index (Phi) is 40.4. The number of cyclic esters (lactones) is 4. The molecule has 4 aliphatic carbocycles. The van der Waals surface area contributed by atoms with Gasteiger partial charge >= 0.3 is 48.6 Å². The number of ketones is 4. The minimum atomic E-state index is -4.41. The summed E-state index contributed by atoms with van der Waals surface area (Å²) in [4.78, 5) is 106. The molecule has 0 saturated carbocycles. The predicted molar refractivity (Wildman–Crippen MR) is 389 cm³/mol. The van der Waals surface area contributed by atoms with Gasteiger partial charge in [0.15, 0.2) is 23.1 Å². The Bertz CT molecular complexity index is 2980. The molecule has 600 valence electrons. The second-order valence-electron chi connectivity index (χ2n) is 27.7. The number of unbranched alkanes of at least 4 members (excludes halogenated alkanes) is 4. The van der Waals surface area contributed by atoms with E-state index < -0.39 is 145 Å². The highest BCUT2D eigenvalue weighted by Crippen LogP contribution is 2.38. The van der Waals surface area contributed by atoms with Gasteiger partial charge in [-0.05, 0) is 154 Å². The molecule has 8 atom stereocenters. The molecule has 0 spiro atoms. The van der Waals surface area contributed by atoms with E-state index in [2.05, 4.69) is 0 Å². The Balaban J connectivity index is 1.34. The molecule has 28 heteroatoms. The SMILES string of the molecule is O=C1CCC/C=C\C[C@H]2C=C(Cl)C(=O)/C2=C/C[C@H](CCCCC(F)(F)F)OC(=O)CCC/C=C\C[C@H]2C=C(Cl)C(=O)/C2=C/C[C@H](CCCCC(F)(F)F)OC(=O)CCC/C=C\C[C@H]2C=C(Cl)C(=O)/C2=C\C[C@H](CCCCC(F)(F)F)OC(=O)CCC/C=C\C[C@H]2C=C(Cl)C(=O)/C2=C\C[C@H](CCCCC(F)(F)F)O1. The molecular weight excluding hydrogens is 1520 g/mol. The van der Waals surface area contributed by atoms with E-state index in [0.717, 1.165) is 0 Å². The molecule has 1 aliphatic heterocycles. The second-order valence-corrected chi connectivity index (χ2v) is 29.3. The third kappa shape index (κ3) is 37.2. The maximum atomic E-state index is 13.3. The van der Waals surface area contributed by atoms with E-state index in [4.69, 9.17) is 65.4 Å². The minimum absolute atomic E-state index is 0.0128. The average molecular weight is 1620 g/mol. The van der Waals surface area contributed by atoms with Crippen LogP contribution in [0.3, 0.4) is 0 Å². The van der Waals surface area contributed by atoms with E-state index in [1.807, 2.05) is 0 Å². The fourth-order valence-corrected chi connectivity index (χ4v) is 14.0. The number of allylic oxidation sites excluding steroid dienone is 20. The van der Waals surface area contributed by atoms with Crippen molar-refractivity contribution in [2.75, 3.05) is 0 Å². The van der Waals surface area contributed by atoms with Gasteiger partial charge in [-0.3, -0.25) is 38.4 Å². The zero-order chi connectivity index (χ0) is 79.5. The first-order valence-corrected chi connectivity index (χ1v) is 38.7. The largest absolute Gasteiger partial charge is 0.462 e. The van der Waals surface area contributed by atoms with Crippen molar-refractivity contribution in [3.05, 3.63) is 140 Å². The zero-order valence-electron chi connectivity index (χ0n) is 60.3. The van der Waals surface area contributed by atoms with Gasteiger partial charge < -0.3 is 18.9 Å². The highest BCUT2D eigenvalue weighted by Gasteiger charge is 2.35. The van der Waals surface area contributed by atoms with E-state index in [0.29, 0.717) is 25.7 Å². The lowest BCUT2D eigenvalue weighted by Gasteiger charge is -2.18. The number of carbonyl (C=O) groups excluding carboxylic acids is 8. The van der Waals surface area contributed by atoms with Gasteiger partial charge in [0.25, 0.3) is 0 Å². The quantitative estimate of drug-likeness (QED) is 0.0471. The van der Waals surface area contributed by atoms with Gasteiger partial charge in [0, 0.05) is 123 Å². The second kappa shape index (κ2) is 47.2. The lowest BCUT2D eigenvalue weighted by molar-refractivity contribution is -0.150. The summed E-state index contributed by atoms with van der Waals surface area (Å²) in [5, 5.41) is -0.226. The summed E-state index contributed by atoms with van der Waals surface area (Å²) in [6.45, 7) is 0. The molecule has 0 aromatic rings. The van der Waals surface area contributed by atoms with Crippen molar-refractivity contribution in [3.63, 3.8) is 0 Å². The lowest BCUT2D eigenvalue weighted by Crippen LogP contribution is -2.19. The number of halogens is 16. The van der Waals surface area contributed by atoms with E-state index in [1.54, 1.807) is 97.2 Å². The molecule has 0 N–H and O–H groups in total. The van der Waals surface area contributed by atoms with Gasteiger partial charge in [-0.2, -0.15) is 52.7 Å². The van der Waals surface area contributed by atoms with Crippen molar-refractivity contribution in [1.29, 1.82) is 0 Å². The van der Waals surface area contributed by atoms with E-state index in [1.165, 1.54) is 0 Å². The maximum Gasteiger partial charge on any atom is 0.389 e. The number of esters is 4. The molecule has 108 heavy (non-hydrogen) atoms. The van der Waals surface area contributed by atoms with Crippen LogP contribution in [0.5, 0.6) is 0 Å². The standard InChI is InChI=1S/C80H96Cl4F12O12/c81-65-49-53-25-9-1-5-13-33-69(97)105-57(29-17-21-45-77(85,86)87)38-42-62-54(50-66(82)74(62)102)26-10-3-7-15-35-71(99)107-59(31-19-23-47-79(91,92)93)40-44-64-56(52-68(84)76(64)104)28-12-4-8-16-36-72(100)108-60(32-20-24-48-80(94,95)96)39-43-63-55(51-67(83)75(63)103)27-11-2-6-14-34-70(98)106-58(37-41-61(53)73(65)101)30-18-22-46-78(88,89)90/h1-4,9-12,41-44,49-60H,5-8,13-40,45-48H2/b9-1-,10-3-,11-2-,12-4-,61-41-,62-42-,63-43+,64-44+/t53-,54-,55-,56-,57-,58-,59-,60-/m0/s1. The first-order valence-electron chi connectivity index (χ1n) is 37.2. The summed E-state index contributed by atoms with van der Waals surface area (Å²) >= 11 is 25.3.